The lowest BCUT2D eigenvalue weighted by atomic mass is 9.91. The van der Waals surface area contributed by atoms with Crippen molar-refractivity contribution in [2.24, 2.45) is 0 Å². The summed E-state index contributed by atoms with van der Waals surface area (Å²) in [7, 11) is 0. The van der Waals surface area contributed by atoms with Gasteiger partial charge in [-0.3, -0.25) is 9.69 Å². The van der Waals surface area contributed by atoms with E-state index in [-0.39, 0.29) is 18.5 Å². The number of amides is 3. The molecule has 1 unspecified atom stereocenters. The van der Waals surface area contributed by atoms with Crippen molar-refractivity contribution in [1.82, 2.24) is 10.2 Å². The quantitative estimate of drug-likeness (QED) is 0.212. The molecule has 38 heavy (non-hydrogen) atoms. The average molecular weight is 520 g/mol. The number of urea groups is 1. The maximum absolute atomic E-state index is 13.4. The van der Waals surface area contributed by atoms with Gasteiger partial charge in [0.15, 0.2) is 0 Å². The van der Waals surface area contributed by atoms with Gasteiger partial charge in [0.05, 0.1) is 23.9 Å². The molecule has 1 aliphatic rings. The van der Waals surface area contributed by atoms with Gasteiger partial charge < -0.3 is 15.4 Å². The molecule has 0 saturated carbocycles. The van der Waals surface area contributed by atoms with Gasteiger partial charge in [-0.05, 0) is 43.0 Å². The van der Waals surface area contributed by atoms with Crippen molar-refractivity contribution in [3.63, 3.8) is 0 Å². The average Bonchev–Trinajstić information content (AvgIpc) is 2.92. The summed E-state index contributed by atoms with van der Waals surface area (Å²) in [5, 5.41) is 6.01. The molecule has 0 saturated heterocycles. The molecule has 0 spiro atoms. The molecule has 0 fully saturated rings. The summed E-state index contributed by atoms with van der Waals surface area (Å²) in [5.74, 6) is -0.512. The second-order valence-electron chi connectivity index (χ2n) is 9.57. The van der Waals surface area contributed by atoms with E-state index < -0.39 is 12.0 Å². The number of ether oxygens (including phenoxy) is 1. The Morgan fingerprint density at radius 1 is 0.921 bits per heavy atom. The third-order valence-corrected chi connectivity index (χ3v) is 6.62. The van der Waals surface area contributed by atoms with E-state index >= 15 is 0 Å². The number of anilines is 1. The summed E-state index contributed by atoms with van der Waals surface area (Å²) in [6, 6.07) is 15.8. The van der Waals surface area contributed by atoms with Gasteiger partial charge in [-0.1, -0.05) is 88.4 Å². The van der Waals surface area contributed by atoms with E-state index in [9.17, 15) is 14.4 Å². The Hall–Kier alpha value is -3.61. The highest BCUT2D eigenvalue weighted by Gasteiger charge is 2.38. The summed E-state index contributed by atoms with van der Waals surface area (Å²) in [5.41, 5.74) is 3.05. The minimum absolute atomic E-state index is 0.0387. The fourth-order valence-electron chi connectivity index (χ4n) is 4.68. The van der Waals surface area contributed by atoms with Crippen LogP contribution in [0.5, 0.6) is 0 Å². The van der Waals surface area contributed by atoms with E-state index in [4.69, 9.17) is 4.74 Å². The zero-order valence-corrected chi connectivity index (χ0v) is 22.9. The van der Waals surface area contributed by atoms with Gasteiger partial charge in [0.1, 0.15) is 0 Å². The van der Waals surface area contributed by atoms with E-state index in [2.05, 4.69) is 24.5 Å². The molecule has 2 aromatic carbocycles. The normalized spacial score (nSPS) is 15.3. The van der Waals surface area contributed by atoms with Crippen molar-refractivity contribution in [3.05, 3.63) is 71.3 Å². The molecule has 7 heteroatoms. The minimum Gasteiger partial charge on any atom is -0.463 e. The Balaban J connectivity index is 1.97. The highest BCUT2D eigenvalue weighted by Crippen LogP contribution is 2.37. The first-order valence-electron chi connectivity index (χ1n) is 13.9. The first-order valence-corrected chi connectivity index (χ1v) is 13.9. The highest BCUT2D eigenvalue weighted by molar-refractivity contribution is 6.04. The molecule has 1 aliphatic heterocycles. The van der Waals surface area contributed by atoms with Crippen LogP contribution in [0.1, 0.15) is 89.3 Å². The minimum atomic E-state index is -0.722. The van der Waals surface area contributed by atoms with E-state index in [1.807, 2.05) is 54.6 Å². The largest absolute Gasteiger partial charge is 0.463 e. The number of unbranched alkanes of at least 4 members (excludes halogenated alkanes) is 5. The van der Waals surface area contributed by atoms with Crippen LogP contribution in [0, 0.1) is 0 Å². The Morgan fingerprint density at radius 2 is 1.66 bits per heavy atom. The summed E-state index contributed by atoms with van der Waals surface area (Å²) >= 11 is 0. The SMILES string of the molecule is CCCCCCCC(=O)Nc1cccc(C2NC(=O)N(CCCC)C(c3ccccc3)=C2C(=O)OCC)c1. The van der Waals surface area contributed by atoms with Crippen molar-refractivity contribution in [3.8, 4) is 0 Å². The van der Waals surface area contributed by atoms with Crippen molar-refractivity contribution < 1.29 is 19.1 Å². The van der Waals surface area contributed by atoms with Gasteiger partial charge in [0, 0.05) is 18.7 Å². The lowest BCUT2D eigenvalue weighted by Crippen LogP contribution is -2.48. The van der Waals surface area contributed by atoms with Gasteiger partial charge in [0.25, 0.3) is 0 Å². The number of esters is 1. The predicted molar refractivity (Wildman–Crippen MR) is 151 cm³/mol. The molecule has 2 aromatic rings. The number of hydrogen-bond donors (Lipinski definition) is 2. The molecule has 3 amide bonds. The molecule has 0 aliphatic carbocycles. The van der Waals surface area contributed by atoms with Crippen LogP contribution in [0.3, 0.4) is 0 Å². The number of carbonyl (C=O) groups is 3. The zero-order chi connectivity index (χ0) is 27.3. The molecule has 0 aromatic heterocycles. The summed E-state index contributed by atoms with van der Waals surface area (Å²) in [6.07, 6.45) is 7.56. The number of nitrogens with zero attached hydrogens (tertiary/aromatic N) is 1. The van der Waals surface area contributed by atoms with Gasteiger partial charge in [-0.25, -0.2) is 9.59 Å². The van der Waals surface area contributed by atoms with Crippen LogP contribution in [0.2, 0.25) is 0 Å². The van der Waals surface area contributed by atoms with Crippen molar-refractivity contribution >= 4 is 29.3 Å². The Kier molecular flexibility index (Phi) is 11.4. The van der Waals surface area contributed by atoms with Crippen LogP contribution in [-0.4, -0.2) is 36.0 Å². The molecule has 1 heterocycles. The molecular formula is C31H41N3O4. The van der Waals surface area contributed by atoms with Crippen LogP contribution in [0.4, 0.5) is 10.5 Å². The van der Waals surface area contributed by atoms with E-state index in [1.54, 1.807) is 11.8 Å². The first-order chi connectivity index (χ1) is 18.5. The smallest absolute Gasteiger partial charge is 0.338 e. The van der Waals surface area contributed by atoms with E-state index in [0.29, 0.717) is 35.5 Å². The Labute approximate surface area is 226 Å². The highest BCUT2D eigenvalue weighted by atomic mass is 16.5. The number of nitrogens with one attached hydrogen (secondary N) is 2. The van der Waals surface area contributed by atoms with Gasteiger partial charge in [-0.2, -0.15) is 0 Å². The first kappa shape index (κ1) is 29.0. The number of hydrogen-bond acceptors (Lipinski definition) is 4. The standard InChI is InChI=1S/C31H41N3O4/c1-4-7-9-10-14-20-26(35)32-25-19-15-18-24(22-25)28-27(30(36)38-6-3)29(23-16-12-11-13-17-23)34(21-8-5-2)31(37)33-28/h11-13,15-19,22,28H,4-10,14,20-21H2,1-3H3,(H,32,35)(H,33,37). The van der Waals surface area contributed by atoms with Gasteiger partial charge >= 0.3 is 12.0 Å². The summed E-state index contributed by atoms with van der Waals surface area (Å²) in [4.78, 5) is 41.0. The fourth-order valence-corrected chi connectivity index (χ4v) is 4.68. The molecule has 7 nitrogen and oxygen atoms in total. The van der Waals surface area contributed by atoms with Crippen LogP contribution < -0.4 is 10.6 Å². The van der Waals surface area contributed by atoms with Gasteiger partial charge in [-0.15, -0.1) is 0 Å². The van der Waals surface area contributed by atoms with Crippen LogP contribution in [0.15, 0.2) is 60.2 Å². The third-order valence-electron chi connectivity index (χ3n) is 6.62. The van der Waals surface area contributed by atoms with Crippen molar-refractivity contribution in [2.75, 3.05) is 18.5 Å². The molecule has 1 atom stereocenters. The Morgan fingerprint density at radius 3 is 2.37 bits per heavy atom. The maximum atomic E-state index is 13.4. The zero-order valence-electron chi connectivity index (χ0n) is 22.9. The number of rotatable bonds is 14. The van der Waals surface area contributed by atoms with Crippen molar-refractivity contribution in [2.45, 2.75) is 78.2 Å². The maximum Gasteiger partial charge on any atom is 0.338 e. The molecular weight excluding hydrogens is 478 g/mol. The number of carbonyl (C=O) groups excluding carboxylic acids is 3. The lowest BCUT2D eigenvalue weighted by Gasteiger charge is -2.37. The van der Waals surface area contributed by atoms with Crippen LogP contribution in [-0.2, 0) is 14.3 Å². The number of benzene rings is 2. The van der Waals surface area contributed by atoms with Crippen LogP contribution >= 0.6 is 0 Å². The Bertz CT molecular complexity index is 1110. The van der Waals surface area contributed by atoms with Crippen molar-refractivity contribution in [1.29, 1.82) is 0 Å². The molecule has 3 rings (SSSR count). The van der Waals surface area contributed by atoms with Crippen LogP contribution in [0.25, 0.3) is 5.70 Å². The monoisotopic (exact) mass is 519 g/mol. The van der Waals surface area contributed by atoms with E-state index in [1.165, 1.54) is 12.8 Å². The predicted octanol–water partition coefficient (Wildman–Crippen LogP) is 6.83. The lowest BCUT2D eigenvalue weighted by molar-refractivity contribution is -0.139. The van der Waals surface area contributed by atoms with Gasteiger partial charge in [0.2, 0.25) is 5.91 Å². The summed E-state index contributed by atoms with van der Waals surface area (Å²) in [6.45, 7) is 6.70. The summed E-state index contributed by atoms with van der Waals surface area (Å²) < 4.78 is 5.50. The molecule has 0 bridgehead atoms. The molecule has 2 N–H and O–H groups in total. The second kappa shape index (κ2) is 15.0. The topological polar surface area (TPSA) is 87.7 Å². The second-order valence-corrected chi connectivity index (χ2v) is 9.57. The molecule has 204 valence electrons. The molecule has 0 radical (unpaired) electrons. The fraction of sp³-hybridized carbons (Fsp3) is 0.452. The van der Waals surface area contributed by atoms with E-state index in [0.717, 1.165) is 37.7 Å². The third kappa shape index (κ3) is 7.70.